The number of hydrogen-bond donors (Lipinski definition) is 2. The van der Waals surface area contributed by atoms with E-state index >= 15 is 0 Å². The van der Waals surface area contributed by atoms with Crippen LogP contribution in [0.25, 0.3) is 0 Å². The summed E-state index contributed by atoms with van der Waals surface area (Å²) < 4.78 is 19.1. The quantitative estimate of drug-likeness (QED) is 0.596. The zero-order valence-corrected chi connectivity index (χ0v) is 17.9. The van der Waals surface area contributed by atoms with E-state index in [-0.39, 0.29) is 24.8 Å². The molecule has 0 saturated heterocycles. The van der Waals surface area contributed by atoms with Crippen LogP contribution >= 0.6 is 0 Å². The van der Waals surface area contributed by atoms with Gasteiger partial charge in [-0.1, -0.05) is 30.3 Å². The lowest BCUT2D eigenvalue weighted by atomic mass is 10.0. The smallest absolute Gasteiger partial charge is 0.272 e. The lowest BCUT2D eigenvalue weighted by Crippen LogP contribution is -2.38. The fraction of sp³-hybridized carbons (Fsp3) is 0.292. The van der Waals surface area contributed by atoms with Crippen LogP contribution in [-0.4, -0.2) is 47.1 Å². The molecule has 0 unspecified atom stereocenters. The van der Waals surface area contributed by atoms with Crippen LogP contribution in [0.4, 0.5) is 4.39 Å². The van der Waals surface area contributed by atoms with E-state index < -0.39 is 5.82 Å². The van der Waals surface area contributed by atoms with E-state index in [0.717, 1.165) is 22.6 Å². The minimum atomic E-state index is -0.390. The summed E-state index contributed by atoms with van der Waals surface area (Å²) in [6.07, 6.45) is 1.24. The van der Waals surface area contributed by atoms with Crippen molar-refractivity contribution in [1.82, 2.24) is 20.4 Å². The number of carbonyl (C=O) groups is 2. The first kappa shape index (κ1) is 21.5. The van der Waals surface area contributed by atoms with E-state index in [1.54, 1.807) is 30.2 Å². The zero-order valence-electron chi connectivity index (χ0n) is 17.9. The van der Waals surface area contributed by atoms with Crippen molar-refractivity contribution in [2.24, 2.45) is 0 Å². The minimum Gasteiger partial charge on any atom is -0.497 e. The maximum atomic E-state index is 13.9. The average Bonchev–Trinajstić information content (AvgIpc) is 3.24. The van der Waals surface area contributed by atoms with Gasteiger partial charge in [-0.2, -0.15) is 5.10 Å². The van der Waals surface area contributed by atoms with Gasteiger partial charge in [-0.3, -0.25) is 14.7 Å². The molecule has 7 nitrogen and oxygen atoms in total. The SMILES string of the molecule is COc1ccc(CCNC(=O)c2n[nH]c3c2CN(C(=O)Cc2ccccc2F)CC3)cc1. The van der Waals surface area contributed by atoms with E-state index in [0.29, 0.717) is 37.2 Å². The van der Waals surface area contributed by atoms with Gasteiger partial charge in [0.2, 0.25) is 5.91 Å². The fourth-order valence-corrected chi connectivity index (χ4v) is 3.81. The van der Waals surface area contributed by atoms with Crippen LogP contribution in [-0.2, 0) is 30.6 Å². The zero-order chi connectivity index (χ0) is 22.5. The number of hydrogen-bond acceptors (Lipinski definition) is 4. The first-order chi connectivity index (χ1) is 15.5. The van der Waals surface area contributed by atoms with Crippen molar-refractivity contribution in [3.05, 3.63) is 82.4 Å². The second kappa shape index (κ2) is 9.64. The van der Waals surface area contributed by atoms with Crippen LogP contribution in [0.2, 0.25) is 0 Å². The van der Waals surface area contributed by atoms with Crippen LogP contribution in [0.1, 0.15) is 32.9 Å². The molecule has 166 valence electrons. The molecule has 1 aliphatic heterocycles. The normalized spacial score (nSPS) is 12.9. The second-order valence-electron chi connectivity index (χ2n) is 7.72. The molecule has 2 amide bonds. The number of methoxy groups -OCH3 is 1. The monoisotopic (exact) mass is 436 g/mol. The van der Waals surface area contributed by atoms with Crippen molar-refractivity contribution in [3.63, 3.8) is 0 Å². The highest BCUT2D eigenvalue weighted by molar-refractivity contribution is 5.94. The summed E-state index contributed by atoms with van der Waals surface area (Å²) in [6, 6.07) is 14.0. The van der Waals surface area contributed by atoms with Crippen molar-refractivity contribution in [2.45, 2.75) is 25.8 Å². The number of halogens is 1. The third-order valence-corrected chi connectivity index (χ3v) is 5.66. The number of aromatic nitrogens is 2. The predicted molar refractivity (Wildman–Crippen MR) is 117 cm³/mol. The summed E-state index contributed by atoms with van der Waals surface area (Å²) in [6.45, 7) is 1.24. The van der Waals surface area contributed by atoms with E-state index in [9.17, 15) is 14.0 Å². The molecule has 0 spiro atoms. The summed E-state index contributed by atoms with van der Waals surface area (Å²) in [5, 5.41) is 10.0. The van der Waals surface area contributed by atoms with Gasteiger partial charge in [0.05, 0.1) is 13.5 Å². The summed E-state index contributed by atoms with van der Waals surface area (Å²) in [5.41, 5.74) is 3.34. The van der Waals surface area contributed by atoms with Gasteiger partial charge in [-0.05, 0) is 35.7 Å². The van der Waals surface area contributed by atoms with Crippen molar-refractivity contribution in [3.8, 4) is 5.75 Å². The third kappa shape index (κ3) is 4.80. The van der Waals surface area contributed by atoms with E-state index in [1.807, 2.05) is 24.3 Å². The van der Waals surface area contributed by atoms with Crippen LogP contribution < -0.4 is 10.1 Å². The number of ether oxygens (including phenoxy) is 1. The molecule has 0 atom stereocenters. The maximum Gasteiger partial charge on any atom is 0.272 e. The van der Waals surface area contributed by atoms with Crippen LogP contribution in [0.15, 0.2) is 48.5 Å². The molecular weight excluding hydrogens is 411 g/mol. The Morgan fingerprint density at radius 1 is 1.19 bits per heavy atom. The Morgan fingerprint density at radius 3 is 2.72 bits per heavy atom. The summed E-state index contributed by atoms with van der Waals surface area (Å²) in [5.74, 6) is -0.0546. The molecule has 1 aromatic heterocycles. The fourth-order valence-electron chi connectivity index (χ4n) is 3.81. The van der Waals surface area contributed by atoms with Crippen molar-refractivity contribution in [2.75, 3.05) is 20.2 Å². The van der Waals surface area contributed by atoms with E-state index in [1.165, 1.54) is 6.07 Å². The first-order valence-corrected chi connectivity index (χ1v) is 10.5. The molecule has 2 N–H and O–H groups in total. The molecule has 0 radical (unpaired) electrons. The molecule has 32 heavy (non-hydrogen) atoms. The van der Waals surface area contributed by atoms with E-state index in [4.69, 9.17) is 4.74 Å². The maximum absolute atomic E-state index is 13.9. The van der Waals surface area contributed by atoms with Gasteiger partial charge < -0.3 is 15.0 Å². The summed E-state index contributed by atoms with van der Waals surface area (Å²) >= 11 is 0. The highest BCUT2D eigenvalue weighted by atomic mass is 19.1. The van der Waals surface area contributed by atoms with Gasteiger partial charge >= 0.3 is 0 Å². The second-order valence-corrected chi connectivity index (χ2v) is 7.72. The van der Waals surface area contributed by atoms with Crippen molar-refractivity contribution >= 4 is 11.8 Å². The Hall–Kier alpha value is -3.68. The molecular formula is C24H25FN4O3. The standard InChI is InChI=1S/C24H25FN4O3/c1-32-18-8-6-16(7-9-18)10-12-26-24(31)23-19-15-29(13-11-21(19)27-28-23)22(30)14-17-4-2-3-5-20(17)25/h2-9H,10-15H2,1H3,(H,26,31)(H,27,28). The lowest BCUT2D eigenvalue weighted by Gasteiger charge is -2.27. The highest BCUT2D eigenvalue weighted by Gasteiger charge is 2.28. The molecule has 2 heterocycles. The predicted octanol–water partition coefficient (Wildman–Crippen LogP) is 2.66. The minimum absolute atomic E-state index is 0.0107. The number of amides is 2. The van der Waals surface area contributed by atoms with Crippen molar-refractivity contribution in [1.29, 1.82) is 0 Å². The van der Waals surface area contributed by atoms with Crippen LogP contribution in [0.5, 0.6) is 5.75 Å². The van der Waals surface area contributed by atoms with Gasteiger partial charge in [0.15, 0.2) is 5.69 Å². The Balaban J connectivity index is 1.36. The lowest BCUT2D eigenvalue weighted by molar-refractivity contribution is -0.131. The van der Waals surface area contributed by atoms with Gasteiger partial charge in [-0.25, -0.2) is 4.39 Å². The number of carbonyl (C=O) groups excluding carboxylic acids is 2. The molecule has 4 rings (SSSR count). The summed E-state index contributed by atoms with van der Waals surface area (Å²) in [4.78, 5) is 27.1. The third-order valence-electron chi connectivity index (χ3n) is 5.66. The number of nitrogens with one attached hydrogen (secondary N) is 2. The largest absolute Gasteiger partial charge is 0.497 e. The molecule has 0 saturated carbocycles. The number of H-pyrrole nitrogens is 1. The van der Waals surface area contributed by atoms with Gasteiger partial charge in [0, 0.05) is 37.3 Å². The van der Waals surface area contributed by atoms with Gasteiger partial charge in [-0.15, -0.1) is 0 Å². The molecule has 0 bridgehead atoms. The number of aromatic amines is 1. The Kier molecular flexibility index (Phi) is 6.49. The average molecular weight is 436 g/mol. The molecule has 3 aromatic rings. The number of nitrogens with zero attached hydrogens (tertiary/aromatic N) is 2. The van der Waals surface area contributed by atoms with Crippen molar-refractivity contribution < 1.29 is 18.7 Å². The first-order valence-electron chi connectivity index (χ1n) is 10.5. The van der Waals surface area contributed by atoms with Gasteiger partial charge in [0.1, 0.15) is 11.6 Å². The molecule has 0 fully saturated rings. The van der Waals surface area contributed by atoms with Crippen LogP contribution in [0, 0.1) is 5.82 Å². The molecule has 1 aliphatic rings. The molecule has 8 heteroatoms. The number of fused-ring (bicyclic) bond motifs is 1. The topological polar surface area (TPSA) is 87.3 Å². The Morgan fingerprint density at radius 2 is 1.97 bits per heavy atom. The molecule has 2 aromatic carbocycles. The van der Waals surface area contributed by atoms with Gasteiger partial charge in [0.25, 0.3) is 5.91 Å². The van der Waals surface area contributed by atoms with Crippen LogP contribution in [0.3, 0.4) is 0 Å². The number of benzene rings is 2. The van der Waals surface area contributed by atoms with E-state index in [2.05, 4.69) is 15.5 Å². The number of rotatable bonds is 7. The Bertz CT molecular complexity index is 1110. The Labute approximate surface area is 185 Å². The molecule has 0 aliphatic carbocycles. The highest BCUT2D eigenvalue weighted by Crippen LogP contribution is 2.21. The summed E-state index contributed by atoms with van der Waals surface area (Å²) in [7, 11) is 1.62.